The van der Waals surface area contributed by atoms with Crippen LogP contribution >= 0.6 is 0 Å². The minimum atomic E-state index is -0.127. The highest BCUT2D eigenvalue weighted by atomic mass is 16.5. The van der Waals surface area contributed by atoms with Crippen LogP contribution in [0.5, 0.6) is 0 Å². The number of rotatable bonds is 2. The van der Waals surface area contributed by atoms with E-state index in [4.69, 9.17) is 9.51 Å². The van der Waals surface area contributed by atoms with Crippen molar-refractivity contribution in [2.24, 2.45) is 0 Å². The van der Waals surface area contributed by atoms with Crippen molar-refractivity contribution in [3.63, 3.8) is 0 Å². The molecule has 1 N–H and O–H groups in total. The molecule has 8 nitrogen and oxygen atoms in total. The summed E-state index contributed by atoms with van der Waals surface area (Å²) in [6, 6.07) is 1.66. The SMILES string of the molecule is Cc1cc(C(=O)N2CCC(c3nc4c(c(=O)[nH]3)CCN(C)C4)CC2)on1. The van der Waals surface area contributed by atoms with Gasteiger partial charge in [-0.3, -0.25) is 9.59 Å². The van der Waals surface area contributed by atoms with Crippen LogP contribution in [-0.4, -0.2) is 57.5 Å². The van der Waals surface area contributed by atoms with Crippen LogP contribution in [-0.2, 0) is 13.0 Å². The molecule has 0 bridgehead atoms. The third-order valence-corrected chi connectivity index (χ3v) is 5.29. The molecule has 4 heterocycles. The zero-order chi connectivity index (χ0) is 18.3. The fourth-order valence-corrected chi connectivity index (χ4v) is 3.76. The normalized spacial score (nSPS) is 18.8. The number of piperidine rings is 1. The van der Waals surface area contributed by atoms with Crippen LogP contribution in [0, 0.1) is 6.92 Å². The van der Waals surface area contributed by atoms with Crippen molar-refractivity contribution in [1.29, 1.82) is 0 Å². The van der Waals surface area contributed by atoms with Crippen molar-refractivity contribution >= 4 is 5.91 Å². The van der Waals surface area contributed by atoms with Crippen LogP contribution in [0.3, 0.4) is 0 Å². The average Bonchev–Trinajstić information content (AvgIpc) is 3.07. The lowest BCUT2D eigenvalue weighted by Gasteiger charge is -2.31. The summed E-state index contributed by atoms with van der Waals surface area (Å²) in [5.41, 5.74) is 2.41. The number of hydrogen-bond donors (Lipinski definition) is 1. The third kappa shape index (κ3) is 3.16. The van der Waals surface area contributed by atoms with E-state index in [2.05, 4.69) is 15.0 Å². The fourth-order valence-electron chi connectivity index (χ4n) is 3.76. The summed E-state index contributed by atoms with van der Waals surface area (Å²) in [6.45, 7) is 4.63. The van der Waals surface area contributed by atoms with Gasteiger partial charge in [-0.05, 0) is 33.2 Å². The van der Waals surface area contributed by atoms with Gasteiger partial charge in [-0.1, -0.05) is 5.16 Å². The summed E-state index contributed by atoms with van der Waals surface area (Å²) in [5, 5.41) is 3.78. The first kappa shape index (κ1) is 17.0. The molecule has 1 amide bonds. The molecule has 0 atom stereocenters. The van der Waals surface area contributed by atoms with Crippen molar-refractivity contribution in [3.05, 3.63) is 45.0 Å². The number of carbonyl (C=O) groups is 1. The monoisotopic (exact) mass is 357 g/mol. The standard InChI is InChI=1S/C18H23N5O3/c1-11-9-15(26-21-11)18(25)23-7-3-12(4-8-23)16-19-14-10-22(2)6-5-13(14)17(24)20-16/h9,12H,3-8,10H2,1-2H3,(H,19,20,24). The van der Waals surface area contributed by atoms with E-state index in [0.717, 1.165) is 42.9 Å². The lowest BCUT2D eigenvalue weighted by atomic mass is 9.95. The Labute approximate surface area is 151 Å². The topological polar surface area (TPSA) is 95.3 Å². The number of nitrogens with zero attached hydrogens (tertiary/aromatic N) is 4. The third-order valence-electron chi connectivity index (χ3n) is 5.29. The van der Waals surface area contributed by atoms with Gasteiger partial charge in [0.2, 0.25) is 5.76 Å². The predicted octanol–water partition coefficient (Wildman–Crippen LogP) is 1.07. The lowest BCUT2D eigenvalue weighted by Crippen LogP contribution is -2.39. The molecule has 0 radical (unpaired) electrons. The van der Waals surface area contributed by atoms with Crippen LogP contribution < -0.4 is 5.56 Å². The van der Waals surface area contributed by atoms with E-state index >= 15 is 0 Å². The first-order valence-corrected chi connectivity index (χ1v) is 9.04. The molecule has 2 aliphatic heterocycles. The van der Waals surface area contributed by atoms with E-state index in [1.807, 2.05) is 7.05 Å². The van der Waals surface area contributed by atoms with E-state index < -0.39 is 0 Å². The highest BCUT2D eigenvalue weighted by Crippen LogP contribution is 2.27. The predicted molar refractivity (Wildman–Crippen MR) is 94.0 cm³/mol. The van der Waals surface area contributed by atoms with Crippen molar-refractivity contribution in [3.8, 4) is 0 Å². The van der Waals surface area contributed by atoms with Crippen molar-refractivity contribution in [1.82, 2.24) is 24.9 Å². The molecule has 0 aliphatic carbocycles. The summed E-state index contributed by atoms with van der Waals surface area (Å²) < 4.78 is 5.07. The Hall–Kier alpha value is -2.48. The van der Waals surface area contributed by atoms with Crippen molar-refractivity contribution in [2.75, 3.05) is 26.7 Å². The quantitative estimate of drug-likeness (QED) is 0.864. The van der Waals surface area contributed by atoms with Crippen LogP contribution in [0.4, 0.5) is 0 Å². The molecule has 2 aromatic heterocycles. The molecule has 0 saturated carbocycles. The summed E-state index contributed by atoms with van der Waals surface area (Å²) in [7, 11) is 2.04. The maximum Gasteiger partial charge on any atom is 0.292 e. The number of fused-ring (bicyclic) bond motifs is 1. The molecular formula is C18H23N5O3. The number of hydrogen-bond acceptors (Lipinski definition) is 6. The van der Waals surface area contributed by atoms with Crippen LogP contribution in [0.1, 0.15) is 52.1 Å². The molecule has 138 valence electrons. The fraction of sp³-hybridized carbons (Fsp3) is 0.556. The van der Waals surface area contributed by atoms with Crippen molar-refractivity contribution < 1.29 is 9.32 Å². The van der Waals surface area contributed by atoms with Crippen LogP contribution in [0.15, 0.2) is 15.4 Å². The number of nitrogens with one attached hydrogen (secondary N) is 1. The molecule has 1 fully saturated rings. The lowest BCUT2D eigenvalue weighted by molar-refractivity contribution is 0.0669. The highest BCUT2D eigenvalue weighted by Gasteiger charge is 2.29. The van der Waals surface area contributed by atoms with E-state index in [-0.39, 0.29) is 23.1 Å². The number of carbonyl (C=O) groups excluding carboxylic acids is 1. The van der Waals surface area contributed by atoms with E-state index in [9.17, 15) is 9.59 Å². The van der Waals surface area contributed by atoms with Gasteiger partial charge in [-0.15, -0.1) is 0 Å². The molecule has 0 aromatic carbocycles. The molecule has 2 aromatic rings. The Kier molecular flexibility index (Phi) is 4.36. The number of likely N-dealkylation sites (N-methyl/N-ethyl adjacent to an activating group) is 1. The van der Waals surface area contributed by atoms with Crippen molar-refractivity contribution in [2.45, 2.75) is 38.6 Å². The molecule has 26 heavy (non-hydrogen) atoms. The minimum Gasteiger partial charge on any atom is -0.351 e. The maximum atomic E-state index is 12.5. The summed E-state index contributed by atoms with van der Waals surface area (Å²) >= 11 is 0. The molecular weight excluding hydrogens is 334 g/mol. The van der Waals surface area contributed by atoms with Crippen LogP contribution in [0.25, 0.3) is 0 Å². The zero-order valence-corrected chi connectivity index (χ0v) is 15.1. The molecule has 0 spiro atoms. The molecule has 8 heteroatoms. The summed E-state index contributed by atoms with van der Waals surface area (Å²) in [4.78, 5) is 36.5. The van der Waals surface area contributed by atoms with Gasteiger partial charge in [0, 0.05) is 43.7 Å². The first-order chi connectivity index (χ1) is 12.5. The number of likely N-dealkylation sites (tertiary alicyclic amines) is 1. The van der Waals surface area contributed by atoms with Gasteiger partial charge in [-0.2, -0.15) is 0 Å². The average molecular weight is 357 g/mol. The number of amides is 1. The van der Waals surface area contributed by atoms with E-state index in [0.29, 0.717) is 25.3 Å². The maximum absolute atomic E-state index is 12.5. The second kappa shape index (κ2) is 6.68. The van der Waals surface area contributed by atoms with Gasteiger partial charge < -0.3 is 19.3 Å². The Balaban J connectivity index is 1.47. The summed E-state index contributed by atoms with van der Waals surface area (Å²) in [6.07, 6.45) is 2.30. The van der Waals surface area contributed by atoms with Gasteiger partial charge in [-0.25, -0.2) is 4.98 Å². The Morgan fingerprint density at radius 1 is 1.31 bits per heavy atom. The number of aromatic nitrogens is 3. The Bertz CT molecular complexity index is 879. The van der Waals surface area contributed by atoms with E-state index in [1.165, 1.54) is 0 Å². The molecule has 4 rings (SSSR count). The number of aromatic amines is 1. The van der Waals surface area contributed by atoms with Gasteiger partial charge in [0.05, 0.1) is 11.4 Å². The zero-order valence-electron chi connectivity index (χ0n) is 15.1. The molecule has 1 saturated heterocycles. The van der Waals surface area contributed by atoms with Gasteiger partial charge in [0.15, 0.2) is 0 Å². The smallest absolute Gasteiger partial charge is 0.292 e. The second-order valence-electron chi connectivity index (χ2n) is 7.26. The number of aryl methyl sites for hydroxylation is 1. The van der Waals surface area contributed by atoms with Gasteiger partial charge in [0.25, 0.3) is 11.5 Å². The summed E-state index contributed by atoms with van der Waals surface area (Å²) in [5.74, 6) is 1.08. The van der Waals surface area contributed by atoms with Gasteiger partial charge >= 0.3 is 0 Å². The molecule has 0 unspecified atom stereocenters. The van der Waals surface area contributed by atoms with E-state index in [1.54, 1.807) is 17.9 Å². The highest BCUT2D eigenvalue weighted by molar-refractivity contribution is 5.91. The van der Waals surface area contributed by atoms with Gasteiger partial charge in [0.1, 0.15) is 5.82 Å². The number of H-pyrrole nitrogens is 1. The Morgan fingerprint density at radius 3 is 2.77 bits per heavy atom. The minimum absolute atomic E-state index is 0.00580. The van der Waals surface area contributed by atoms with Crippen LogP contribution in [0.2, 0.25) is 0 Å². The Morgan fingerprint density at radius 2 is 2.08 bits per heavy atom. The first-order valence-electron chi connectivity index (χ1n) is 9.04. The molecule has 2 aliphatic rings. The second-order valence-corrected chi connectivity index (χ2v) is 7.26. The largest absolute Gasteiger partial charge is 0.351 e.